The Morgan fingerprint density at radius 1 is 1.60 bits per heavy atom. The van der Waals surface area contributed by atoms with E-state index in [1.165, 1.54) is 31.5 Å². The summed E-state index contributed by atoms with van der Waals surface area (Å²) in [6.07, 6.45) is 6.25. The van der Waals surface area contributed by atoms with Crippen molar-refractivity contribution in [3.63, 3.8) is 0 Å². The second kappa shape index (κ2) is 5.33. The molecule has 15 heavy (non-hydrogen) atoms. The summed E-state index contributed by atoms with van der Waals surface area (Å²) in [7, 11) is 0. The minimum absolute atomic E-state index is 0.778. The van der Waals surface area contributed by atoms with Crippen LogP contribution in [0.15, 0.2) is 23.0 Å². The molecular weight excluding hydrogens is 188 g/mol. The highest BCUT2D eigenvalue weighted by Crippen LogP contribution is 2.14. The highest BCUT2D eigenvalue weighted by atomic mass is 16.3. The van der Waals surface area contributed by atoms with Gasteiger partial charge in [-0.2, -0.15) is 0 Å². The summed E-state index contributed by atoms with van der Waals surface area (Å²) in [5.74, 6) is 0. The van der Waals surface area contributed by atoms with Crippen molar-refractivity contribution >= 4 is 0 Å². The first kappa shape index (κ1) is 10.7. The van der Waals surface area contributed by atoms with Crippen LogP contribution in [-0.4, -0.2) is 30.6 Å². The van der Waals surface area contributed by atoms with Crippen molar-refractivity contribution in [1.82, 2.24) is 10.2 Å². The average molecular weight is 208 g/mol. The second-order valence-corrected chi connectivity index (χ2v) is 4.34. The maximum Gasteiger partial charge on any atom is 0.0947 e. The Hall–Kier alpha value is -0.800. The molecular formula is C12H20N2O. The number of nitrogens with zero attached hydrogens (tertiary/aromatic N) is 1. The third kappa shape index (κ3) is 3.08. The van der Waals surface area contributed by atoms with E-state index in [0.29, 0.717) is 0 Å². The third-order valence-electron chi connectivity index (χ3n) is 3.18. The lowest BCUT2D eigenvalue weighted by Gasteiger charge is -2.20. The van der Waals surface area contributed by atoms with Crippen molar-refractivity contribution in [3.8, 4) is 0 Å². The minimum atomic E-state index is 0.778. The molecule has 3 nitrogen and oxygen atoms in total. The summed E-state index contributed by atoms with van der Waals surface area (Å²) in [5, 5.41) is 3.43. The molecule has 2 heterocycles. The molecule has 1 saturated heterocycles. The van der Waals surface area contributed by atoms with Gasteiger partial charge in [-0.15, -0.1) is 0 Å². The van der Waals surface area contributed by atoms with Crippen LogP contribution in [0.4, 0.5) is 0 Å². The molecule has 1 aromatic rings. The molecule has 3 heteroatoms. The lowest BCUT2D eigenvalue weighted by atomic mass is 10.2. The van der Waals surface area contributed by atoms with Crippen molar-refractivity contribution < 1.29 is 4.42 Å². The van der Waals surface area contributed by atoms with Crippen LogP contribution in [0.3, 0.4) is 0 Å². The van der Waals surface area contributed by atoms with Crippen LogP contribution in [0.1, 0.15) is 25.3 Å². The molecule has 0 radical (unpaired) electrons. The number of nitrogens with one attached hydrogen (secondary N) is 1. The van der Waals surface area contributed by atoms with E-state index in [-0.39, 0.29) is 0 Å². The minimum Gasteiger partial charge on any atom is -0.472 e. The van der Waals surface area contributed by atoms with Crippen LogP contribution in [0.2, 0.25) is 0 Å². The number of rotatable bonds is 5. The fraction of sp³-hybridized carbons (Fsp3) is 0.667. The van der Waals surface area contributed by atoms with E-state index >= 15 is 0 Å². The molecule has 1 aliphatic rings. The van der Waals surface area contributed by atoms with Crippen LogP contribution in [0, 0.1) is 0 Å². The van der Waals surface area contributed by atoms with E-state index in [4.69, 9.17) is 4.42 Å². The Morgan fingerprint density at radius 3 is 3.20 bits per heavy atom. The zero-order chi connectivity index (χ0) is 10.5. The summed E-state index contributed by atoms with van der Waals surface area (Å²) >= 11 is 0. The molecule has 0 amide bonds. The fourth-order valence-corrected chi connectivity index (χ4v) is 2.17. The Kier molecular flexibility index (Phi) is 3.80. The Labute approximate surface area is 91.4 Å². The van der Waals surface area contributed by atoms with E-state index < -0.39 is 0 Å². The molecule has 1 fully saturated rings. The Balaban J connectivity index is 1.59. The van der Waals surface area contributed by atoms with Crippen molar-refractivity contribution in [2.45, 2.75) is 32.4 Å². The first-order valence-electron chi connectivity index (χ1n) is 5.82. The van der Waals surface area contributed by atoms with Crippen LogP contribution < -0.4 is 5.32 Å². The van der Waals surface area contributed by atoms with Gasteiger partial charge >= 0.3 is 0 Å². The molecule has 1 atom stereocenters. The SMILES string of the molecule is CC1CCCN1CCNCc1ccoc1. The first-order valence-corrected chi connectivity index (χ1v) is 5.82. The second-order valence-electron chi connectivity index (χ2n) is 4.34. The number of likely N-dealkylation sites (tertiary alicyclic amines) is 1. The van der Waals surface area contributed by atoms with E-state index in [2.05, 4.69) is 17.1 Å². The van der Waals surface area contributed by atoms with E-state index in [1.807, 2.05) is 6.07 Å². The summed E-state index contributed by atoms with van der Waals surface area (Å²) in [5.41, 5.74) is 1.23. The maximum absolute atomic E-state index is 5.01. The molecule has 0 spiro atoms. The molecule has 2 rings (SSSR count). The summed E-state index contributed by atoms with van der Waals surface area (Å²) < 4.78 is 5.01. The average Bonchev–Trinajstić information content (AvgIpc) is 2.85. The molecule has 1 aliphatic heterocycles. The smallest absolute Gasteiger partial charge is 0.0947 e. The van der Waals surface area contributed by atoms with Crippen LogP contribution >= 0.6 is 0 Å². The molecule has 1 N–H and O–H groups in total. The van der Waals surface area contributed by atoms with Gasteiger partial charge in [0, 0.05) is 31.2 Å². The molecule has 1 unspecified atom stereocenters. The summed E-state index contributed by atoms with van der Waals surface area (Å²) in [6.45, 7) is 6.74. The Bertz CT molecular complexity index is 271. The molecule has 0 bridgehead atoms. The van der Waals surface area contributed by atoms with Crippen molar-refractivity contribution in [3.05, 3.63) is 24.2 Å². The van der Waals surface area contributed by atoms with Crippen molar-refractivity contribution in [2.24, 2.45) is 0 Å². The van der Waals surface area contributed by atoms with Crippen molar-refractivity contribution in [1.29, 1.82) is 0 Å². The topological polar surface area (TPSA) is 28.4 Å². The van der Waals surface area contributed by atoms with Gasteiger partial charge in [0.1, 0.15) is 0 Å². The van der Waals surface area contributed by atoms with Crippen LogP contribution in [-0.2, 0) is 6.54 Å². The lowest BCUT2D eigenvalue weighted by Crippen LogP contribution is -2.34. The maximum atomic E-state index is 5.01. The molecule has 0 saturated carbocycles. The van der Waals surface area contributed by atoms with Crippen LogP contribution in [0.5, 0.6) is 0 Å². The van der Waals surface area contributed by atoms with E-state index in [9.17, 15) is 0 Å². The van der Waals surface area contributed by atoms with E-state index in [1.54, 1.807) is 12.5 Å². The van der Waals surface area contributed by atoms with Gasteiger partial charge in [-0.05, 0) is 32.4 Å². The molecule has 0 aromatic carbocycles. The van der Waals surface area contributed by atoms with Gasteiger partial charge < -0.3 is 9.73 Å². The predicted octanol–water partition coefficient (Wildman–Crippen LogP) is 1.85. The highest BCUT2D eigenvalue weighted by molar-refractivity contribution is 5.04. The van der Waals surface area contributed by atoms with Gasteiger partial charge in [-0.1, -0.05) is 0 Å². The Morgan fingerprint density at radius 2 is 2.53 bits per heavy atom. The quantitative estimate of drug-likeness (QED) is 0.749. The summed E-state index contributed by atoms with van der Waals surface area (Å²) in [4.78, 5) is 2.56. The standard InChI is InChI=1S/C12H20N2O/c1-11-3-2-6-14(11)7-5-13-9-12-4-8-15-10-12/h4,8,10-11,13H,2-3,5-7,9H2,1H3. The van der Waals surface area contributed by atoms with Gasteiger partial charge in [0.15, 0.2) is 0 Å². The highest BCUT2D eigenvalue weighted by Gasteiger charge is 2.18. The monoisotopic (exact) mass is 208 g/mol. The fourth-order valence-electron chi connectivity index (χ4n) is 2.17. The van der Waals surface area contributed by atoms with Crippen molar-refractivity contribution in [2.75, 3.05) is 19.6 Å². The molecule has 84 valence electrons. The van der Waals surface area contributed by atoms with E-state index in [0.717, 1.165) is 19.1 Å². The summed E-state index contributed by atoms with van der Waals surface area (Å²) in [6, 6.07) is 2.78. The normalized spacial score (nSPS) is 22.3. The third-order valence-corrected chi connectivity index (χ3v) is 3.18. The number of hydrogen-bond acceptors (Lipinski definition) is 3. The predicted molar refractivity (Wildman–Crippen MR) is 60.7 cm³/mol. The molecule has 1 aromatic heterocycles. The molecule has 0 aliphatic carbocycles. The lowest BCUT2D eigenvalue weighted by molar-refractivity contribution is 0.268. The zero-order valence-corrected chi connectivity index (χ0v) is 9.41. The van der Waals surface area contributed by atoms with Gasteiger partial charge in [0.2, 0.25) is 0 Å². The van der Waals surface area contributed by atoms with Crippen LogP contribution in [0.25, 0.3) is 0 Å². The first-order chi connectivity index (χ1) is 7.36. The van der Waals surface area contributed by atoms with Gasteiger partial charge in [0.05, 0.1) is 12.5 Å². The van der Waals surface area contributed by atoms with Gasteiger partial charge in [-0.25, -0.2) is 0 Å². The van der Waals surface area contributed by atoms with Gasteiger partial charge in [-0.3, -0.25) is 4.90 Å². The zero-order valence-electron chi connectivity index (χ0n) is 9.41. The number of hydrogen-bond donors (Lipinski definition) is 1. The number of furan rings is 1. The largest absolute Gasteiger partial charge is 0.472 e. The van der Waals surface area contributed by atoms with Gasteiger partial charge in [0.25, 0.3) is 0 Å².